The van der Waals surface area contributed by atoms with E-state index in [1.807, 2.05) is 23.9 Å². The fourth-order valence-corrected chi connectivity index (χ4v) is 2.85. The number of amides is 2. The van der Waals surface area contributed by atoms with Crippen molar-refractivity contribution in [2.45, 2.75) is 20.8 Å². The Kier molecular flexibility index (Phi) is 6.64. The van der Waals surface area contributed by atoms with E-state index in [0.29, 0.717) is 16.7 Å². The summed E-state index contributed by atoms with van der Waals surface area (Å²) >= 11 is 0. The van der Waals surface area contributed by atoms with E-state index in [1.54, 1.807) is 6.92 Å². The van der Waals surface area contributed by atoms with E-state index in [0.717, 1.165) is 24.7 Å². The van der Waals surface area contributed by atoms with Crippen LogP contribution in [0, 0.1) is 18.6 Å². The summed E-state index contributed by atoms with van der Waals surface area (Å²) in [5.74, 6) is -2.29. The van der Waals surface area contributed by atoms with Crippen LogP contribution in [0.15, 0.2) is 18.5 Å². The molecule has 0 saturated carbocycles. The van der Waals surface area contributed by atoms with Crippen molar-refractivity contribution in [2.75, 3.05) is 21.6 Å². The maximum Gasteiger partial charge on any atom is 0.325 e. The quantitative estimate of drug-likeness (QED) is 0.504. The number of sulfonamides is 1. The fourth-order valence-electron chi connectivity index (χ4n) is 2.29. The Morgan fingerprint density at radius 3 is 2.48 bits per heavy atom. The lowest BCUT2D eigenvalue weighted by molar-refractivity contribution is 0.262. The number of hydrogen-bond acceptors (Lipinski definition) is 6. The smallest absolute Gasteiger partial charge is 0.302 e. The minimum atomic E-state index is -3.80. The summed E-state index contributed by atoms with van der Waals surface area (Å²) in [5, 5.41) is 11.4. The molecule has 1 aromatic carbocycles. The number of anilines is 3. The van der Waals surface area contributed by atoms with Gasteiger partial charge < -0.3 is 5.32 Å². The van der Waals surface area contributed by atoms with Crippen molar-refractivity contribution in [3.05, 3.63) is 35.8 Å². The normalized spacial score (nSPS) is 10.8. The van der Waals surface area contributed by atoms with Crippen LogP contribution in [-0.4, -0.2) is 40.9 Å². The maximum atomic E-state index is 14.4. The number of rotatable bonds is 4. The number of H-pyrrole nitrogens is 1. The van der Waals surface area contributed by atoms with Gasteiger partial charge in [0.2, 0.25) is 10.0 Å². The minimum absolute atomic E-state index is 0.0787. The second-order valence-electron chi connectivity index (χ2n) is 5.51. The van der Waals surface area contributed by atoms with Gasteiger partial charge in [-0.05, 0) is 19.1 Å². The van der Waals surface area contributed by atoms with Gasteiger partial charge >= 0.3 is 6.03 Å². The van der Waals surface area contributed by atoms with Gasteiger partial charge in [0, 0.05) is 5.69 Å². The van der Waals surface area contributed by atoms with Gasteiger partial charge in [0.25, 0.3) is 0 Å². The van der Waals surface area contributed by atoms with E-state index in [-0.39, 0.29) is 5.82 Å². The molecule has 0 aliphatic heterocycles. The molecule has 0 fully saturated rings. The summed E-state index contributed by atoms with van der Waals surface area (Å²) < 4.78 is 52.7. The summed E-state index contributed by atoms with van der Waals surface area (Å²) in [4.78, 5) is 20.0. The van der Waals surface area contributed by atoms with Gasteiger partial charge in [-0.25, -0.2) is 32.0 Å². The third-order valence-electron chi connectivity index (χ3n) is 3.39. The molecule has 3 rings (SSSR count). The van der Waals surface area contributed by atoms with E-state index < -0.39 is 39.1 Å². The predicted molar refractivity (Wildman–Crippen MR) is 105 cm³/mol. The number of aromatic amines is 1. The Balaban J connectivity index is 0.00000145. The molecule has 0 unspecified atom stereocenters. The van der Waals surface area contributed by atoms with Crippen LogP contribution in [0.2, 0.25) is 0 Å². The fraction of sp³-hybridized carbons (Fsp3) is 0.250. The number of aromatic nitrogens is 4. The largest absolute Gasteiger partial charge is 0.325 e. The monoisotopic (exact) mass is 427 g/mol. The lowest BCUT2D eigenvalue weighted by atomic mass is 10.2. The first-order chi connectivity index (χ1) is 13.7. The second kappa shape index (κ2) is 8.77. The molecule has 2 heterocycles. The molecular weight excluding hydrogens is 408 g/mol. The first-order valence-electron chi connectivity index (χ1n) is 8.35. The molecule has 0 atom stereocenters. The van der Waals surface area contributed by atoms with Crippen LogP contribution < -0.4 is 15.4 Å². The van der Waals surface area contributed by atoms with E-state index in [9.17, 15) is 22.0 Å². The third kappa shape index (κ3) is 5.13. The summed E-state index contributed by atoms with van der Waals surface area (Å²) in [7, 11) is -3.80. The standard InChI is InChI=1S/C14H13F2N7O3S.C2H6/c1-6-9-12(17-5-18-13(9)22-21-6)20-14(24)19-11-7(15)3-4-8(10(11)16)23-27(2,25)26;1-2/h3-5,23H,1-2H3,(H3,17,18,19,20,21,22,24);1-2H3. The molecule has 29 heavy (non-hydrogen) atoms. The minimum Gasteiger partial charge on any atom is -0.302 e. The Bertz CT molecular complexity index is 1150. The van der Waals surface area contributed by atoms with Crippen LogP contribution in [0.1, 0.15) is 19.5 Å². The molecule has 0 saturated heterocycles. The number of carbonyl (C=O) groups excluding carboxylic acids is 1. The van der Waals surface area contributed by atoms with E-state index in [1.165, 1.54) is 0 Å². The number of nitrogens with one attached hydrogen (secondary N) is 4. The van der Waals surface area contributed by atoms with Crippen molar-refractivity contribution in [1.82, 2.24) is 20.2 Å². The maximum absolute atomic E-state index is 14.4. The van der Waals surface area contributed by atoms with Crippen LogP contribution in [0.3, 0.4) is 0 Å². The van der Waals surface area contributed by atoms with E-state index >= 15 is 0 Å². The number of nitrogens with zero attached hydrogens (tertiary/aromatic N) is 3. The highest BCUT2D eigenvalue weighted by molar-refractivity contribution is 7.92. The zero-order valence-corrected chi connectivity index (χ0v) is 16.8. The van der Waals surface area contributed by atoms with Crippen LogP contribution in [0.4, 0.5) is 30.8 Å². The van der Waals surface area contributed by atoms with Crippen molar-refractivity contribution in [1.29, 1.82) is 0 Å². The average molecular weight is 427 g/mol. The van der Waals surface area contributed by atoms with Crippen molar-refractivity contribution in [3.8, 4) is 0 Å². The highest BCUT2D eigenvalue weighted by atomic mass is 32.2. The van der Waals surface area contributed by atoms with E-state index in [4.69, 9.17) is 0 Å². The van der Waals surface area contributed by atoms with Crippen LogP contribution >= 0.6 is 0 Å². The summed E-state index contributed by atoms with van der Waals surface area (Å²) in [6.07, 6.45) is 1.97. The lowest BCUT2D eigenvalue weighted by Crippen LogP contribution is -2.22. The molecule has 10 nitrogen and oxygen atoms in total. The molecule has 4 N–H and O–H groups in total. The number of urea groups is 1. The van der Waals surface area contributed by atoms with Crippen molar-refractivity contribution in [2.24, 2.45) is 0 Å². The Labute approximate surface area is 165 Å². The Hall–Kier alpha value is -3.35. The van der Waals surface area contributed by atoms with E-state index in [2.05, 4.69) is 25.5 Å². The Morgan fingerprint density at radius 2 is 1.83 bits per heavy atom. The van der Waals surface area contributed by atoms with Gasteiger partial charge in [-0.15, -0.1) is 0 Å². The summed E-state index contributed by atoms with van der Waals surface area (Å²) in [6, 6.07) is 0.720. The Morgan fingerprint density at radius 1 is 1.14 bits per heavy atom. The first kappa shape index (κ1) is 21.9. The predicted octanol–water partition coefficient (Wildman–Crippen LogP) is 2.98. The highest BCUT2D eigenvalue weighted by Crippen LogP contribution is 2.27. The van der Waals surface area contributed by atoms with Gasteiger partial charge in [-0.2, -0.15) is 5.10 Å². The van der Waals surface area contributed by atoms with Crippen molar-refractivity contribution in [3.63, 3.8) is 0 Å². The molecule has 0 spiro atoms. The number of benzene rings is 1. The molecule has 156 valence electrons. The highest BCUT2D eigenvalue weighted by Gasteiger charge is 2.19. The van der Waals surface area contributed by atoms with Gasteiger partial charge in [-0.1, -0.05) is 13.8 Å². The second-order valence-corrected chi connectivity index (χ2v) is 7.26. The van der Waals surface area contributed by atoms with Gasteiger partial charge in [0.05, 0.1) is 17.3 Å². The first-order valence-corrected chi connectivity index (χ1v) is 10.2. The SMILES string of the molecule is CC.Cc1[nH]nc2ncnc(NC(=O)Nc3c(F)ccc(NS(C)(=O)=O)c3F)c12. The van der Waals surface area contributed by atoms with Gasteiger partial charge in [0.15, 0.2) is 11.5 Å². The molecule has 2 amide bonds. The molecular formula is C16H19F2N7O3S. The summed E-state index contributed by atoms with van der Waals surface area (Å²) in [5.41, 5.74) is -0.452. The van der Waals surface area contributed by atoms with Gasteiger partial charge in [-0.3, -0.25) is 15.1 Å². The molecule has 3 aromatic rings. The zero-order valence-electron chi connectivity index (χ0n) is 16.0. The van der Waals surface area contributed by atoms with Crippen LogP contribution in [0.5, 0.6) is 0 Å². The molecule has 0 aliphatic rings. The topological polar surface area (TPSA) is 142 Å². The molecule has 2 aromatic heterocycles. The average Bonchev–Trinajstić information content (AvgIpc) is 3.04. The molecule has 0 aliphatic carbocycles. The summed E-state index contributed by atoms with van der Waals surface area (Å²) in [6.45, 7) is 5.68. The zero-order chi connectivity index (χ0) is 21.8. The third-order valence-corrected chi connectivity index (χ3v) is 3.98. The molecule has 13 heteroatoms. The number of hydrogen-bond donors (Lipinski definition) is 4. The van der Waals surface area contributed by atoms with Crippen LogP contribution in [0.25, 0.3) is 11.0 Å². The van der Waals surface area contributed by atoms with Crippen molar-refractivity contribution >= 4 is 44.3 Å². The number of aryl methyl sites for hydroxylation is 1. The van der Waals surface area contributed by atoms with Gasteiger partial charge in [0.1, 0.15) is 23.6 Å². The van der Waals surface area contributed by atoms with Crippen molar-refractivity contribution < 1.29 is 22.0 Å². The number of halogens is 2. The molecule has 0 radical (unpaired) electrons. The number of carbonyl (C=O) groups is 1. The molecule has 0 bridgehead atoms. The number of fused-ring (bicyclic) bond motifs is 1. The van der Waals surface area contributed by atoms with Crippen LogP contribution in [-0.2, 0) is 10.0 Å². The lowest BCUT2D eigenvalue weighted by Gasteiger charge is -2.12.